The first kappa shape index (κ1) is 13.5. The first-order chi connectivity index (χ1) is 8.70. The maximum atomic E-state index is 9.14. The maximum Gasteiger partial charge on any atom is 0.0797 e. The molecule has 1 aromatic rings. The minimum Gasteiger partial charge on any atom is -0.376 e. The second-order valence-electron chi connectivity index (χ2n) is 5.17. The van der Waals surface area contributed by atoms with E-state index >= 15 is 0 Å². The van der Waals surface area contributed by atoms with Gasteiger partial charge in [-0.2, -0.15) is 5.26 Å². The van der Waals surface area contributed by atoms with Gasteiger partial charge >= 0.3 is 0 Å². The van der Waals surface area contributed by atoms with Crippen LogP contribution < -0.4 is 0 Å². The zero-order valence-electron chi connectivity index (χ0n) is 11.1. The average Bonchev–Trinajstić information content (AvgIpc) is 2.76. The number of ether oxygens (including phenoxy) is 1. The Hall–Kier alpha value is -0.920. The molecule has 1 heterocycles. The number of aromatic nitrogens is 1. The highest BCUT2D eigenvalue weighted by Crippen LogP contribution is 2.30. The Bertz CT molecular complexity index is 424. The topological polar surface area (TPSA) is 45.9 Å². The molecule has 3 unspecified atom stereocenters. The van der Waals surface area contributed by atoms with Gasteiger partial charge in [-0.15, -0.1) is 11.3 Å². The molecule has 1 saturated carbocycles. The largest absolute Gasteiger partial charge is 0.376 e. The predicted molar refractivity (Wildman–Crippen MR) is 72.4 cm³/mol. The highest BCUT2D eigenvalue weighted by atomic mass is 32.1. The second-order valence-corrected chi connectivity index (χ2v) is 6.11. The second kappa shape index (κ2) is 6.31. The van der Waals surface area contributed by atoms with Crippen LogP contribution in [0.25, 0.3) is 0 Å². The van der Waals surface area contributed by atoms with E-state index in [1.54, 1.807) is 11.3 Å². The van der Waals surface area contributed by atoms with Gasteiger partial charge in [0.05, 0.1) is 35.9 Å². The molecule has 1 aliphatic rings. The summed E-state index contributed by atoms with van der Waals surface area (Å²) in [7, 11) is 0. The molecule has 1 aromatic heterocycles. The van der Waals surface area contributed by atoms with Crippen molar-refractivity contribution in [3.63, 3.8) is 0 Å². The van der Waals surface area contributed by atoms with Crippen LogP contribution in [-0.2, 0) is 11.2 Å². The Balaban J connectivity index is 1.81. The van der Waals surface area contributed by atoms with E-state index in [0.29, 0.717) is 12.5 Å². The summed E-state index contributed by atoms with van der Waals surface area (Å²) in [6, 6.07) is 2.39. The van der Waals surface area contributed by atoms with Gasteiger partial charge in [0.25, 0.3) is 0 Å². The molecule has 0 bridgehead atoms. The third kappa shape index (κ3) is 3.30. The molecule has 0 radical (unpaired) electrons. The van der Waals surface area contributed by atoms with Gasteiger partial charge in [0.2, 0.25) is 0 Å². The minimum atomic E-state index is 0.0868. The zero-order valence-corrected chi connectivity index (χ0v) is 11.9. The van der Waals surface area contributed by atoms with Crippen LogP contribution in [0, 0.1) is 30.1 Å². The lowest BCUT2D eigenvalue weighted by molar-refractivity contribution is -0.00533. The molecular formula is C14H20N2OS. The molecule has 0 aromatic carbocycles. The molecule has 1 aliphatic carbocycles. The van der Waals surface area contributed by atoms with Crippen LogP contribution in [0.5, 0.6) is 0 Å². The van der Waals surface area contributed by atoms with E-state index in [9.17, 15) is 0 Å². The van der Waals surface area contributed by atoms with Gasteiger partial charge in [-0.25, -0.2) is 4.98 Å². The van der Waals surface area contributed by atoms with Crippen molar-refractivity contribution < 1.29 is 4.74 Å². The third-order valence-electron chi connectivity index (χ3n) is 3.73. The SMILES string of the molecule is Cc1ncsc1CCOC1CC(C)CCC1C#N. The van der Waals surface area contributed by atoms with E-state index in [1.165, 1.54) is 4.88 Å². The van der Waals surface area contributed by atoms with E-state index in [-0.39, 0.29) is 12.0 Å². The van der Waals surface area contributed by atoms with Gasteiger partial charge in [-0.1, -0.05) is 6.92 Å². The van der Waals surface area contributed by atoms with Gasteiger partial charge in [0.15, 0.2) is 0 Å². The number of rotatable bonds is 4. The Labute approximate surface area is 113 Å². The maximum absolute atomic E-state index is 9.14. The molecular weight excluding hydrogens is 244 g/mol. The average molecular weight is 264 g/mol. The van der Waals surface area contributed by atoms with Crippen LogP contribution in [0.2, 0.25) is 0 Å². The molecule has 3 nitrogen and oxygen atoms in total. The van der Waals surface area contributed by atoms with Crippen LogP contribution >= 0.6 is 11.3 Å². The van der Waals surface area contributed by atoms with Crippen molar-refractivity contribution in [2.75, 3.05) is 6.61 Å². The van der Waals surface area contributed by atoms with E-state index < -0.39 is 0 Å². The third-order valence-corrected chi connectivity index (χ3v) is 4.72. The van der Waals surface area contributed by atoms with E-state index in [0.717, 1.165) is 31.4 Å². The van der Waals surface area contributed by atoms with Crippen LogP contribution in [0.15, 0.2) is 5.51 Å². The van der Waals surface area contributed by atoms with Crippen molar-refractivity contribution in [3.8, 4) is 6.07 Å². The number of hydrogen-bond donors (Lipinski definition) is 0. The highest BCUT2D eigenvalue weighted by Gasteiger charge is 2.29. The minimum absolute atomic E-state index is 0.0868. The van der Waals surface area contributed by atoms with Gasteiger partial charge in [-0.05, 0) is 32.1 Å². The summed E-state index contributed by atoms with van der Waals surface area (Å²) in [5, 5.41) is 9.14. The molecule has 1 fully saturated rings. The van der Waals surface area contributed by atoms with Crippen molar-refractivity contribution in [2.24, 2.45) is 11.8 Å². The first-order valence-electron chi connectivity index (χ1n) is 6.61. The molecule has 0 N–H and O–H groups in total. The monoisotopic (exact) mass is 264 g/mol. The van der Waals surface area contributed by atoms with E-state index in [2.05, 4.69) is 18.0 Å². The summed E-state index contributed by atoms with van der Waals surface area (Å²) in [5.74, 6) is 0.772. The van der Waals surface area contributed by atoms with Gasteiger partial charge < -0.3 is 4.74 Å². The Kier molecular flexibility index (Phi) is 4.73. The van der Waals surface area contributed by atoms with Crippen molar-refractivity contribution >= 4 is 11.3 Å². The fraction of sp³-hybridized carbons (Fsp3) is 0.714. The summed E-state index contributed by atoms with van der Waals surface area (Å²) in [6.45, 7) is 4.99. The Morgan fingerprint density at radius 3 is 3.06 bits per heavy atom. The number of hydrogen-bond acceptors (Lipinski definition) is 4. The number of aryl methyl sites for hydroxylation is 1. The molecule has 0 amide bonds. The number of thiazole rings is 1. The first-order valence-corrected chi connectivity index (χ1v) is 7.49. The van der Waals surface area contributed by atoms with Crippen molar-refractivity contribution in [1.29, 1.82) is 5.26 Å². The van der Waals surface area contributed by atoms with Gasteiger partial charge in [0.1, 0.15) is 0 Å². The van der Waals surface area contributed by atoms with Gasteiger partial charge in [0, 0.05) is 11.3 Å². The number of nitrogens with zero attached hydrogens (tertiary/aromatic N) is 2. The van der Waals surface area contributed by atoms with Crippen molar-refractivity contribution in [3.05, 3.63) is 16.1 Å². The van der Waals surface area contributed by atoms with Crippen LogP contribution in [-0.4, -0.2) is 17.7 Å². The van der Waals surface area contributed by atoms with Crippen molar-refractivity contribution in [2.45, 2.75) is 45.6 Å². The molecule has 0 spiro atoms. The zero-order chi connectivity index (χ0) is 13.0. The Morgan fingerprint density at radius 2 is 2.39 bits per heavy atom. The highest BCUT2D eigenvalue weighted by molar-refractivity contribution is 7.09. The molecule has 4 heteroatoms. The van der Waals surface area contributed by atoms with E-state index in [1.807, 2.05) is 12.4 Å². The molecule has 0 aliphatic heterocycles. The lowest BCUT2D eigenvalue weighted by Crippen LogP contribution is -2.30. The molecule has 3 atom stereocenters. The summed E-state index contributed by atoms with van der Waals surface area (Å²) in [5.41, 5.74) is 2.99. The fourth-order valence-corrected chi connectivity index (χ4v) is 3.29. The standard InChI is InChI=1S/C14H20N2OS/c1-10-3-4-12(8-15)13(7-10)17-6-5-14-11(2)16-9-18-14/h9-10,12-13H,3-7H2,1-2H3. The predicted octanol–water partition coefficient (Wildman–Crippen LogP) is 3.34. The summed E-state index contributed by atoms with van der Waals surface area (Å²) >= 11 is 1.69. The summed E-state index contributed by atoms with van der Waals surface area (Å²) < 4.78 is 5.94. The van der Waals surface area contributed by atoms with Crippen LogP contribution in [0.4, 0.5) is 0 Å². The Morgan fingerprint density at radius 1 is 1.56 bits per heavy atom. The molecule has 18 heavy (non-hydrogen) atoms. The summed E-state index contributed by atoms with van der Waals surface area (Å²) in [6.07, 6.45) is 4.22. The lowest BCUT2D eigenvalue weighted by Gasteiger charge is -2.30. The van der Waals surface area contributed by atoms with E-state index in [4.69, 9.17) is 10.00 Å². The number of nitriles is 1. The van der Waals surface area contributed by atoms with Crippen LogP contribution in [0.3, 0.4) is 0 Å². The molecule has 0 saturated heterocycles. The van der Waals surface area contributed by atoms with Gasteiger partial charge in [-0.3, -0.25) is 0 Å². The lowest BCUT2D eigenvalue weighted by atomic mass is 9.81. The molecule has 2 rings (SSSR count). The smallest absolute Gasteiger partial charge is 0.0797 e. The summed E-state index contributed by atoms with van der Waals surface area (Å²) in [4.78, 5) is 5.53. The fourth-order valence-electron chi connectivity index (χ4n) is 2.53. The molecule has 98 valence electrons. The van der Waals surface area contributed by atoms with Crippen molar-refractivity contribution in [1.82, 2.24) is 4.98 Å². The normalized spacial score (nSPS) is 27.9. The quantitative estimate of drug-likeness (QED) is 0.838. The van der Waals surface area contributed by atoms with Crippen LogP contribution in [0.1, 0.15) is 36.8 Å².